The zero-order chi connectivity index (χ0) is 30.4. The molecule has 0 bridgehead atoms. The fourth-order valence-corrected chi connectivity index (χ4v) is 6.89. The summed E-state index contributed by atoms with van der Waals surface area (Å²) in [5.41, 5.74) is 2.90. The lowest BCUT2D eigenvalue weighted by Crippen LogP contribution is -2.58. The molecule has 3 aliphatic rings. The Bertz CT molecular complexity index is 1120. The highest BCUT2D eigenvalue weighted by Gasteiger charge is 2.39. The Kier molecular flexibility index (Phi) is 10.6. The van der Waals surface area contributed by atoms with Gasteiger partial charge in [0.1, 0.15) is 6.04 Å². The molecule has 1 aromatic carbocycles. The van der Waals surface area contributed by atoms with Crippen LogP contribution in [0.1, 0.15) is 83.8 Å². The summed E-state index contributed by atoms with van der Waals surface area (Å²) in [6.07, 6.45) is 7.98. The summed E-state index contributed by atoms with van der Waals surface area (Å²) in [4.78, 5) is 54.3. The molecule has 1 saturated carbocycles. The quantitative estimate of drug-likeness (QED) is 0.220. The number of carbonyl (C=O) groups excluding carboxylic acids is 4. The third kappa shape index (κ3) is 8.31. The van der Waals surface area contributed by atoms with E-state index in [0.717, 1.165) is 63.7 Å². The van der Waals surface area contributed by atoms with Crippen LogP contribution in [0.2, 0.25) is 0 Å². The van der Waals surface area contributed by atoms with E-state index >= 15 is 0 Å². The Morgan fingerprint density at radius 2 is 1.76 bits per heavy atom. The summed E-state index contributed by atoms with van der Waals surface area (Å²) >= 11 is 0. The molecule has 2 atom stereocenters. The fourth-order valence-electron chi connectivity index (χ4n) is 6.89. The van der Waals surface area contributed by atoms with Crippen LogP contribution >= 0.6 is 0 Å². The highest BCUT2D eigenvalue weighted by molar-refractivity contribution is 5.89. The number of nitrogens with zero attached hydrogens (tertiary/aromatic N) is 3. The maximum Gasteiger partial charge on any atom is 0.245 e. The number of likely N-dealkylation sites (tertiary alicyclic amines) is 1. The number of benzene rings is 1. The average molecular weight is 584 g/mol. The second kappa shape index (κ2) is 14.0. The molecule has 0 spiro atoms. The maximum atomic E-state index is 13.8. The van der Waals surface area contributed by atoms with Gasteiger partial charge in [-0.25, -0.2) is 5.06 Å². The van der Waals surface area contributed by atoms with Crippen molar-refractivity contribution in [2.75, 3.05) is 31.5 Å². The molecular formula is C32H49N5O5. The molecule has 3 N–H and O–H groups in total. The first-order valence-electron chi connectivity index (χ1n) is 15.6. The van der Waals surface area contributed by atoms with Crippen LogP contribution in [-0.4, -0.2) is 82.5 Å². The van der Waals surface area contributed by atoms with Gasteiger partial charge in [-0.3, -0.25) is 29.3 Å². The zero-order valence-electron chi connectivity index (χ0n) is 25.7. The van der Waals surface area contributed by atoms with Gasteiger partial charge in [0.05, 0.1) is 12.5 Å². The molecule has 10 nitrogen and oxygen atoms in total. The molecule has 10 heteroatoms. The molecule has 2 heterocycles. The number of piperidine rings is 1. The first kappa shape index (κ1) is 31.9. The molecule has 1 saturated heterocycles. The Hall–Kier alpha value is -2.98. The van der Waals surface area contributed by atoms with Gasteiger partial charge in [-0.1, -0.05) is 52.5 Å². The van der Waals surface area contributed by atoms with Gasteiger partial charge in [0, 0.05) is 44.8 Å². The summed E-state index contributed by atoms with van der Waals surface area (Å²) in [5.74, 6) is -0.590. The van der Waals surface area contributed by atoms with E-state index in [4.69, 9.17) is 0 Å². The van der Waals surface area contributed by atoms with E-state index in [1.165, 1.54) is 18.1 Å². The predicted octanol–water partition coefficient (Wildman–Crippen LogP) is 3.57. The van der Waals surface area contributed by atoms with Crippen molar-refractivity contribution in [1.82, 2.24) is 20.2 Å². The minimum Gasteiger partial charge on any atom is -0.344 e. The van der Waals surface area contributed by atoms with Gasteiger partial charge in [0.2, 0.25) is 24.1 Å². The normalized spacial score (nSPS) is 20.0. The van der Waals surface area contributed by atoms with E-state index in [-0.39, 0.29) is 24.3 Å². The lowest BCUT2D eigenvalue weighted by Gasteiger charge is -2.43. The van der Waals surface area contributed by atoms with Gasteiger partial charge in [0.15, 0.2) is 0 Å². The molecule has 232 valence electrons. The lowest BCUT2D eigenvalue weighted by molar-refractivity contribution is -0.156. The molecule has 2 aliphatic heterocycles. The van der Waals surface area contributed by atoms with Crippen molar-refractivity contribution in [1.29, 1.82) is 0 Å². The smallest absolute Gasteiger partial charge is 0.245 e. The second-order valence-electron chi connectivity index (χ2n) is 13.6. The molecular weight excluding hydrogens is 534 g/mol. The summed E-state index contributed by atoms with van der Waals surface area (Å²) in [5, 5.41) is 16.3. The summed E-state index contributed by atoms with van der Waals surface area (Å²) in [7, 11) is 0. The first-order valence-corrected chi connectivity index (χ1v) is 15.6. The Labute approximate surface area is 250 Å². The van der Waals surface area contributed by atoms with Crippen LogP contribution in [0.3, 0.4) is 0 Å². The zero-order valence-corrected chi connectivity index (χ0v) is 25.7. The van der Waals surface area contributed by atoms with Gasteiger partial charge >= 0.3 is 0 Å². The van der Waals surface area contributed by atoms with Gasteiger partial charge in [-0.2, -0.15) is 0 Å². The maximum absolute atomic E-state index is 13.8. The molecule has 0 aromatic heterocycles. The number of nitrogens with one attached hydrogen (secondary N) is 2. The lowest BCUT2D eigenvalue weighted by atomic mass is 9.84. The number of hydrogen-bond acceptors (Lipinski definition) is 6. The molecule has 4 rings (SSSR count). The minimum atomic E-state index is -0.698. The Morgan fingerprint density at radius 1 is 1.07 bits per heavy atom. The van der Waals surface area contributed by atoms with Gasteiger partial charge in [0.25, 0.3) is 0 Å². The first-order chi connectivity index (χ1) is 19.9. The topological polar surface area (TPSA) is 122 Å². The van der Waals surface area contributed by atoms with Crippen LogP contribution in [0, 0.1) is 17.3 Å². The number of amides is 4. The van der Waals surface area contributed by atoms with Gasteiger partial charge < -0.3 is 15.5 Å². The highest BCUT2D eigenvalue weighted by atomic mass is 16.5. The summed E-state index contributed by atoms with van der Waals surface area (Å²) < 4.78 is 0. The van der Waals surface area contributed by atoms with Crippen LogP contribution in [0.25, 0.3) is 0 Å². The Morgan fingerprint density at radius 3 is 2.38 bits per heavy atom. The second-order valence-corrected chi connectivity index (χ2v) is 13.6. The van der Waals surface area contributed by atoms with Crippen LogP contribution < -0.4 is 10.6 Å². The SMILES string of the molecule is CC(=O)Nc1ccc2c(c1)CCN(C1CCN(C(=O)[C@@H](NC(=O)[C@H](CC3CCCC3)CN(O)C=O)C(C)(C)C)CC1)C2. The molecule has 2 fully saturated rings. The summed E-state index contributed by atoms with van der Waals surface area (Å²) in [6, 6.07) is 5.82. The van der Waals surface area contributed by atoms with E-state index in [0.29, 0.717) is 42.9 Å². The Balaban J connectivity index is 1.35. The van der Waals surface area contributed by atoms with Crippen LogP contribution in [0.4, 0.5) is 5.69 Å². The standard InChI is InChI=1S/C32H49N5O5/c1-22(39)33-27-10-9-25-19-36(14-11-24(25)18-27)28-12-15-35(16-13-28)31(41)29(32(2,3)4)34-30(40)26(20-37(42)21-38)17-23-7-5-6-8-23/h9-10,18,21,23,26,28-29,42H,5-8,11-17,19-20H2,1-4H3,(H,33,39)(H,34,40)/t26-,29-/m1/s1. The van der Waals surface area contributed by atoms with E-state index in [2.05, 4.69) is 27.7 Å². The number of hydrogen-bond donors (Lipinski definition) is 3. The van der Waals surface area contributed by atoms with E-state index in [1.807, 2.05) is 31.7 Å². The highest BCUT2D eigenvalue weighted by Crippen LogP contribution is 2.32. The number of anilines is 1. The predicted molar refractivity (Wildman–Crippen MR) is 160 cm³/mol. The number of carbonyl (C=O) groups is 4. The van der Waals surface area contributed by atoms with E-state index < -0.39 is 17.4 Å². The van der Waals surface area contributed by atoms with Crippen LogP contribution in [0.5, 0.6) is 0 Å². The number of hydroxylamine groups is 2. The third-order valence-corrected chi connectivity index (χ3v) is 9.25. The van der Waals surface area contributed by atoms with Crippen molar-refractivity contribution < 1.29 is 24.4 Å². The van der Waals surface area contributed by atoms with Crippen molar-refractivity contribution in [3.05, 3.63) is 29.3 Å². The largest absolute Gasteiger partial charge is 0.344 e. The fraction of sp³-hybridized carbons (Fsp3) is 0.688. The molecule has 0 unspecified atom stereocenters. The summed E-state index contributed by atoms with van der Waals surface area (Å²) in [6.45, 7) is 10.4. The van der Waals surface area contributed by atoms with Crippen molar-refractivity contribution in [3.8, 4) is 0 Å². The minimum absolute atomic E-state index is 0.0689. The van der Waals surface area contributed by atoms with Crippen molar-refractivity contribution in [2.45, 2.75) is 97.7 Å². The molecule has 0 radical (unpaired) electrons. The van der Waals surface area contributed by atoms with Crippen molar-refractivity contribution >= 4 is 29.8 Å². The van der Waals surface area contributed by atoms with Crippen molar-refractivity contribution in [3.63, 3.8) is 0 Å². The third-order valence-electron chi connectivity index (χ3n) is 9.25. The van der Waals surface area contributed by atoms with Gasteiger partial charge in [-0.05, 0) is 60.3 Å². The monoisotopic (exact) mass is 583 g/mol. The molecule has 1 aliphatic carbocycles. The van der Waals surface area contributed by atoms with E-state index in [1.54, 1.807) is 0 Å². The van der Waals surface area contributed by atoms with Crippen LogP contribution in [0.15, 0.2) is 18.2 Å². The molecule has 1 aromatic rings. The molecule has 42 heavy (non-hydrogen) atoms. The molecule has 4 amide bonds. The van der Waals surface area contributed by atoms with Gasteiger partial charge in [-0.15, -0.1) is 0 Å². The number of rotatable bonds is 10. The van der Waals surface area contributed by atoms with Crippen molar-refractivity contribution in [2.24, 2.45) is 17.3 Å². The number of fused-ring (bicyclic) bond motifs is 1. The van der Waals surface area contributed by atoms with Crippen LogP contribution in [-0.2, 0) is 32.1 Å². The average Bonchev–Trinajstić information content (AvgIpc) is 3.47. The van der Waals surface area contributed by atoms with E-state index in [9.17, 15) is 24.4 Å².